The number of hydrogen-bond donors (Lipinski definition) is 3. The molecule has 2 rings (SSSR count). The van der Waals surface area contributed by atoms with E-state index in [-0.39, 0.29) is 17.4 Å². The summed E-state index contributed by atoms with van der Waals surface area (Å²) in [6.45, 7) is 2.26. The first-order valence-electron chi connectivity index (χ1n) is 6.22. The van der Waals surface area contributed by atoms with Gasteiger partial charge in [-0.15, -0.1) is 0 Å². The number of hydrogen-bond acceptors (Lipinski definition) is 5. The van der Waals surface area contributed by atoms with Crippen molar-refractivity contribution in [2.45, 2.75) is 38.1 Å². The van der Waals surface area contributed by atoms with Gasteiger partial charge in [-0.2, -0.15) is 4.98 Å². The number of nitrogen functional groups attached to an aromatic ring is 1. The van der Waals surface area contributed by atoms with Crippen LogP contribution in [0.1, 0.15) is 32.6 Å². The van der Waals surface area contributed by atoms with Gasteiger partial charge in [0.1, 0.15) is 0 Å². The van der Waals surface area contributed by atoms with E-state index in [0.717, 1.165) is 19.3 Å². The van der Waals surface area contributed by atoms with Gasteiger partial charge in [-0.1, -0.05) is 19.8 Å². The summed E-state index contributed by atoms with van der Waals surface area (Å²) in [5.74, 6) is 1.09. The summed E-state index contributed by atoms with van der Waals surface area (Å²) < 4.78 is 0. The van der Waals surface area contributed by atoms with E-state index in [9.17, 15) is 5.11 Å². The van der Waals surface area contributed by atoms with Crippen molar-refractivity contribution in [3.63, 3.8) is 0 Å². The quantitative estimate of drug-likeness (QED) is 0.732. The molecule has 100 valence electrons. The van der Waals surface area contributed by atoms with Gasteiger partial charge < -0.3 is 16.2 Å². The van der Waals surface area contributed by atoms with Gasteiger partial charge in [-0.25, -0.2) is 4.98 Å². The number of aromatic nitrogens is 2. The monoisotopic (exact) mass is 270 g/mol. The van der Waals surface area contributed by atoms with Crippen molar-refractivity contribution >= 4 is 23.1 Å². The molecule has 0 aliphatic heterocycles. The molecule has 1 aliphatic carbocycles. The maximum absolute atomic E-state index is 9.70. The molecule has 4 N–H and O–H groups in total. The Bertz CT molecular complexity index is 429. The molecule has 1 fully saturated rings. The van der Waals surface area contributed by atoms with Crippen LogP contribution in [0, 0.1) is 5.92 Å². The maximum atomic E-state index is 9.70. The van der Waals surface area contributed by atoms with Crippen molar-refractivity contribution in [2.75, 3.05) is 17.7 Å². The lowest BCUT2D eigenvalue weighted by Crippen LogP contribution is -2.46. The van der Waals surface area contributed by atoms with E-state index in [2.05, 4.69) is 22.2 Å². The first kappa shape index (κ1) is 13.4. The van der Waals surface area contributed by atoms with Gasteiger partial charge in [0.15, 0.2) is 5.82 Å². The van der Waals surface area contributed by atoms with Gasteiger partial charge in [0.05, 0.1) is 24.0 Å². The largest absolute Gasteiger partial charge is 0.394 e. The number of nitrogens with zero attached hydrogens (tertiary/aromatic N) is 2. The Morgan fingerprint density at radius 2 is 2.44 bits per heavy atom. The van der Waals surface area contributed by atoms with Crippen LogP contribution in [0.5, 0.6) is 0 Å². The van der Waals surface area contributed by atoms with Crippen LogP contribution in [0.2, 0.25) is 5.28 Å². The Hall–Kier alpha value is -1.07. The second kappa shape index (κ2) is 5.28. The number of nitrogens with two attached hydrogens (primary N) is 1. The molecule has 0 amide bonds. The molecular weight excluding hydrogens is 252 g/mol. The molecule has 18 heavy (non-hydrogen) atoms. The third-order valence-corrected chi connectivity index (χ3v) is 3.75. The van der Waals surface area contributed by atoms with Crippen LogP contribution in [0.15, 0.2) is 6.20 Å². The average molecular weight is 271 g/mol. The number of nitrogens with one attached hydrogen (secondary N) is 1. The standard InChI is InChI=1S/C12H19ClN4O/c1-8-3-2-4-12(5-8,7-18)17-10-9(14)6-15-11(13)16-10/h6,8,18H,2-5,7,14H2,1H3,(H,15,16,17). The molecule has 1 aromatic rings. The molecule has 1 heterocycles. The number of aliphatic hydroxyl groups excluding tert-OH is 1. The third-order valence-electron chi connectivity index (χ3n) is 3.57. The first-order chi connectivity index (χ1) is 8.54. The topological polar surface area (TPSA) is 84.1 Å². The molecule has 1 aromatic heterocycles. The second-order valence-corrected chi connectivity index (χ2v) is 5.55. The van der Waals surface area contributed by atoms with E-state index in [1.165, 1.54) is 12.6 Å². The van der Waals surface area contributed by atoms with Crippen LogP contribution < -0.4 is 11.1 Å². The van der Waals surface area contributed by atoms with E-state index in [4.69, 9.17) is 17.3 Å². The summed E-state index contributed by atoms with van der Waals surface area (Å²) in [5.41, 5.74) is 5.93. The fourth-order valence-corrected chi connectivity index (χ4v) is 2.81. The lowest BCUT2D eigenvalue weighted by atomic mass is 9.77. The predicted octanol–water partition coefficient (Wildman–Crippen LogP) is 2.07. The minimum absolute atomic E-state index is 0.0679. The third kappa shape index (κ3) is 2.84. The average Bonchev–Trinajstić information content (AvgIpc) is 2.34. The van der Waals surface area contributed by atoms with Gasteiger partial charge in [-0.3, -0.25) is 0 Å². The molecule has 6 heteroatoms. The van der Waals surface area contributed by atoms with Crippen LogP contribution in [0.4, 0.5) is 11.5 Å². The highest BCUT2D eigenvalue weighted by atomic mass is 35.5. The Morgan fingerprint density at radius 1 is 1.67 bits per heavy atom. The Kier molecular flexibility index (Phi) is 3.92. The zero-order valence-corrected chi connectivity index (χ0v) is 11.2. The SMILES string of the molecule is CC1CCCC(CO)(Nc2nc(Cl)ncc2N)C1. The van der Waals surface area contributed by atoms with Gasteiger partial charge >= 0.3 is 0 Å². The van der Waals surface area contributed by atoms with E-state index >= 15 is 0 Å². The van der Waals surface area contributed by atoms with Crippen LogP contribution in [0.3, 0.4) is 0 Å². The van der Waals surface area contributed by atoms with Crippen LogP contribution in [-0.2, 0) is 0 Å². The van der Waals surface area contributed by atoms with Crippen molar-refractivity contribution in [3.05, 3.63) is 11.5 Å². The number of rotatable bonds is 3. The maximum Gasteiger partial charge on any atom is 0.224 e. The molecule has 0 spiro atoms. The van der Waals surface area contributed by atoms with Crippen molar-refractivity contribution in [1.82, 2.24) is 9.97 Å². The highest BCUT2D eigenvalue weighted by Gasteiger charge is 2.35. The van der Waals surface area contributed by atoms with E-state index in [0.29, 0.717) is 17.4 Å². The molecule has 1 aliphatic rings. The minimum Gasteiger partial charge on any atom is -0.394 e. The van der Waals surface area contributed by atoms with E-state index in [1.54, 1.807) is 0 Å². The first-order valence-corrected chi connectivity index (χ1v) is 6.59. The number of aliphatic hydroxyl groups is 1. The summed E-state index contributed by atoms with van der Waals surface area (Å²) in [5, 5.41) is 13.1. The summed E-state index contributed by atoms with van der Waals surface area (Å²) in [6, 6.07) is 0. The molecule has 2 atom stereocenters. The zero-order valence-electron chi connectivity index (χ0n) is 10.5. The van der Waals surface area contributed by atoms with Crippen molar-refractivity contribution in [2.24, 2.45) is 5.92 Å². The zero-order chi connectivity index (χ0) is 13.2. The highest BCUT2D eigenvalue weighted by molar-refractivity contribution is 6.28. The fraction of sp³-hybridized carbons (Fsp3) is 0.667. The normalized spacial score (nSPS) is 28.1. The molecule has 0 radical (unpaired) electrons. The highest BCUT2D eigenvalue weighted by Crippen LogP contribution is 2.35. The molecule has 0 bridgehead atoms. The molecule has 5 nitrogen and oxygen atoms in total. The lowest BCUT2D eigenvalue weighted by Gasteiger charge is -2.40. The van der Waals surface area contributed by atoms with Crippen molar-refractivity contribution in [1.29, 1.82) is 0 Å². The second-order valence-electron chi connectivity index (χ2n) is 5.21. The van der Waals surface area contributed by atoms with Gasteiger partial charge in [0, 0.05) is 0 Å². The van der Waals surface area contributed by atoms with Crippen LogP contribution >= 0.6 is 11.6 Å². The minimum atomic E-state index is -0.344. The van der Waals surface area contributed by atoms with Crippen LogP contribution in [-0.4, -0.2) is 27.2 Å². The van der Waals surface area contributed by atoms with E-state index in [1.807, 2.05) is 0 Å². The van der Waals surface area contributed by atoms with Crippen molar-refractivity contribution < 1.29 is 5.11 Å². The van der Waals surface area contributed by atoms with Gasteiger partial charge in [-0.05, 0) is 30.4 Å². The van der Waals surface area contributed by atoms with Gasteiger partial charge in [0.25, 0.3) is 0 Å². The van der Waals surface area contributed by atoms with Crippen molar-refractivity contribution in [3.8, 4) is 0 Å². The smallest absolute Gasteiger partial charge is 0.224 e. The Balaban J connectivity index is 2.21. The Labute approximate surface area is 112 Å². The summed E-state index contributed by atoms with van der Waals surface area (Å²) in [6.07, 6.45) is 5.59. The lowest BCUT2D eigenvalue weighted by molar-refractivity contribution is 0.149. The van der Waals surface area contributed by atoms with E-state index < -0.39 is 0 Å². The predicted molar refractivity (Wildman–Crippen MR) is 72.5 cm³/mol. The molecular formula is C12H19ClN4O. The fourth-order valence-electron chi connectivity index (χ4n) is 2.68. The Morgan fingerprint density at radius 3 is 3.11 bits per heavy atom. The summed E-state index contributed by atoms with van der Waals surface area (Å²) in [7, 11) is 0. The number of anilines is 2. The molecule has 2 unspecified atom stereocenters. The molecule has 0 saturated heterocycles. The molecule has 0 aromatic carbocycles. The number of halogens is 1. The molecule has 1 saturated carbocycles. The van der Waals surface area contributed by atoms with Crippen LogP contribution in [0.25, 0.3) is 0 Å². The van der Waals surface area contributed by atoms with Gasteiger partial charge in [0.2, 0.25) is 5.28 Å². The summed E-state index contributed by atoms with van der Waals surface area (Å²) >= 11 is 5.77. The summed E-state index contributed by atoms with van der Waals surface area (Å²) in [4.78, 5) is 7.91.